The number of hydrogen-bond acceptors (Lipinski definition) is 7. The zero-order valence-corrected chi connectivity index (χ0v) is 15.8. The van der Waals surface area contributed by atoms with Crippen LogP contribution in [0.1, 0.15) is 17.3 Å². The molecule has 3 heterocycles. The van der Waals surface area contributed by atoms with Crippen molar-refractivity contribution >= 4 is 17.3 Å². The quantitative estimate of drug-likeness (QED) is 0.719. The molecule has 0 fully saturated rings. The van der Waals surface area contributed by atoms with Gasteiger partial charge in [0.05, 0.1) is 31.5 Å². The Morgan fingerprint density at radius 3 is 2.96 bits per heavy atom. The number of carboxylic acids is 1. The smallest absolute Gasteiger partial charge is 0.322 e. The van der Waals surface area contributed by atoms with Crippen molar-refractivity contribution in [3.63, 3.8) is 0 Å². The van der Waals surface area contributed by atoms with Gasteiger partial charge < -0.3 is 14.4 Å². The Morgan fingerprint density at radius 2 is 2.19 bits per heavy atom. The van der Waals surface area contributed by atoms with E-state index in [4.69, 9.17) is 9.72 Å². The number of carbonyl (C=O) groups is 1. The number of aliphatic carboxylic acids is 1. The third kappa shape index (κ3) is 3.31. The summed E-state index contributed by atoms with van der Waals surface area (Å²) < 4.78 is 7.28. The van der Waals surface area contributed by atoms with Gasteiger partial charge in [-0.3, -0.25) is 9.69 Å². The second kappa shape index (κ2) is 7.09. The molecule has 1 atom stereocenters. The number of methoxy groups -OCH3 is 1. The van der Waals surface area contributed by atoms with E-state index in [1.807, 2.05) is 46.0 Å². The maximum absolute atomic E-state index is 11.8. The van der Waals surface area contributed by atoms with Gasteiger partial charge in [-0.25, -0.2) is 4.98 Å². The van der Waals surface area contributed by atoms with Crippen LogP contribution in [0.5, 0.6) is 5.75 Å². The van der Waals surface area contributed by atoms with E-state index in [1.54, 1.807) is 7.11 Å². The van der Waals surface area contributed by atoms with Gasteiger partial charge in [0.1, 0.15) is 28.4 Å². The number of para-hydroxylation sites is 1. The molecule has 0 amide bonds. The molecular formula is C18H19N5O3S. The summed E-state index contributed by atoms with van der Waals surface area (Å²) in [6, 6.07) is 7.09. The van der Waals surface area contributed by atoms with Crippen molar-refractivity contribution in [2.24, 2.45) is 0 Å². The molecule has 1 unspecified atom stereocenters. The zero-order chi connectivity index (χ0) is 19.0. The molecule has 0 aliphatic carbocycles. The molecule has 0 radical (unpaired) electrons. The number of fused-ring (bicyclic) bond motifs is 1. The van der Waals surface area contributed by atoms with Gasteiger partial charge in [0.2, 0.25) is 0 Å². The predicted octanol–water partition coefficient (Wildman–Crippen LogP) is 2.19. The number of thiazole rings is 1. The maximum Gasteiger partial charge on any atom is 0.322 e. The summed E-state index contributed by atoms with van der Waals surface area (Å²) in [5.74, 6) is 1.44. The lowest BCUT2D eigenvalue weighted by Gasteiger charge is -2.32. The van der Waals surface area contributed by atoms with Crippen LogP contribution >= 0.6 is 11.3 Å². The Balaban J connectivity index is 1.58. The fourth-order valence-corrected chi connectivity index (χ4v) is 4.13. The highest BCUT2D eigenvalue weighted by molar-refractivity contribution is 7.13. The van der Waals surface area contributed by atoms with E-state index in [9.17, 15) is 9.90 Å². The highest BCUT2D eigenvalue weighted by Gasteiger charge is 2.33. The number of carboxylic acid groups (broad SMARTS) is 1. The Bertz CT molecular complexity index is 983. The molecule has 0 saturated heterocycles. The van der Waals surface area contributed by atoms with E-state index in [0.29, 0.717) is 19.6 Å². The normalized spacial score (nSPS) is 16.9. The molecule has 4 rings (SSSR count). The van der Waals surface area contributed by atoms with Gasteiger partial charge in [0.25, 0.3) is 0 Å². The first-order chi connectivity index (χ1) is 13.1. The van der Waals surface area contributed by atoms with Gasteiger partial charge in [-0.2, -0.15) is 0 Å². The standard InChI is InChI=1S/C18H19N5O3S/c1-11-20-21-16-9-22(14(18(24)25)8-23(11)16)7-12-10-27-17(19-12)13-5-3-4-6-15(13)26-2/h3-6,10,14H,7-9H2,1-2H3,(H,24,25). The van der Waals surface area contributed by atoms with Crippen LogP contribution in [-0.4, -0.2) is 48.9 Å². The molecule has 3 aromatic rings. The summed E-state index contributed by atoms with van der Waals surface area (Å²) >= 11 is 1.52. The van der Waals surface area contributed by atoms with E-state index >= 15 is 0 Å². The molecule has 0 spiro atoms. The van der Waals surface area contributed by atoms with Crippen LogP contribution in [0.15, 0.2) is 29.6 Å². The zero-order valence-electron chi connectivity index (χ0n) is 15.0. The van der Waals surface area contributed by atoms with Gasteiger partial charge in [-0.1, -0.05) is 12.1 Å². The SMILES string of the molecule is COc1ccccc1-c1nc(CN2Cc3nnc(C)n3CC2C(=O)O)cs1. The van der Waals surface area contributed by atoms with Gasteiger partial charge in [-0.05, 0) is 19.1 Å². The van der Waals surface area contributed by atoms with Gasteiger partial charge in [-0.15, -0.1) is 21.5 Å². The monoisotopic (exact) mass is 385 g/mol. The molecule has 1 N–H and O–H groups in total. The lowest BCUT2D eigenvalue weighted by molar-refractivity contribution is -0.145. The fraction of sp³-hybridized carbons (Fsp3) is 0.333. The minimum atomic E-state index is -0.853. The van der Waals surface area contributed by atoms with Crippen LogP contribution in [0, 0.1) is 6.92 Å². The van der Waals surface area contributed by atoms with Crippen LogP contribution in [0.3, 0.4) is 0 Å². The van der Waals surface area contributed by atoms with Crippen molar-refractivity contribution in [1.29, 1.82) is 0 Å². The summed E-state index contributed by atoms with van der Waals surface area (Å²) in [4.78, 5) is 18.4. The average Bonchev–Trinajstić information content (AvgIpc) is 3.28. The number of ether oxygens (including phenoxy) is 1. The first-order valence-corrected chi connectivity index (χ1v) is 9.38. The second-order valence-electron chi connectivity index (χ2n) is 6.38. The topological polar surface area (TPSA) is 93.4 Å². The predicted molar refractivity (Wildman–Crippen MR) is 99.5 cm³/mol. The molecule has 140 valence electrons. The van der Waals surface area contributed by atoms with Crippen molar-refractivity contribution in [2.75, 3.05) is 7.11 Å². The van der Waals surface area contributed by atoms with Crippen LogP contribution in [0.2, 0.25) is 0 Å². The third-order valence-corrected chi connectivity index (χ3v) is 5.62. The summed E-state index contributed by atoms with van der Waals surface area (Å²) in [6.07, 6.45) is 0. The maximum atomic E-state index is 11.8. The van der Waals surface area contributed by atoms with E-state index in [2.05, 4.69) is 10.2 Å². The van der Waals surface area contributed by atoms with Gasteiger partial charge in [0.15, 0.2) is 0 Å². The van der Waals surface area contributed by atoms with E-state index in [0.717, 1.165) is 33.7 Å². The first-order valence-electron chi connectivity index (χ1n) is 8.50. The fourth-order valence-electron chi connectivity index (χ4n) is 3.29. The molecule has 1 aliphatic rings. The summed E-state index contributed by atoms with van der Waals surface area (Å²) in [6.45, 7) is 3.05. The summed E-state index contributed by atoms with van der Waals surface area (Å²) in [7, 11) is 1.64. The van der Waals surface area contributed by atoms with Crippen LogP contribution < -0.4 is 4.74 Å². The minimum Gasteiger partial charge on any atom is -0.496 e. The lowest BCUT2D eigenvalue weighted by atomic mass is 10.1. The second-order valence-corrected chi connectivity index (χ2v) is 7.24. The van der Waals surface area contributed by atoms with E-state index in [-0.39, 0.29) is 0 Å². The lowest BCUT2D eigenvalue weighted by Crippen LogP contribution is -2.47. The largest absolute Gasteiger partial charge is 0.496 e. The molecule has 1 aliphatic heterocycles. The third-order valence-electron chi connectivity index (χ3n) is 4.69. The number of aromatic nitrogens is 4. The van der Waals surface area contributed by atoms with Crippen LogP contribution in [0.25, 0.3) is 10.6 Å². The molecule has 1 aromatic carbocycles. The molecule has 9 heteroatoms. The molecular weight excluding hydrogens is 366 g/mol. The highest BCUT2D eigenvalue weighted by atomic mass is 32.1. The van der Waals surface area contributed by atoms with Crippen LogP contribution in [0.4, 0.5) is 0 Å². The minimum absolute atomic E-state index is 0.340. The number of hydrogen-bond donors (Lipinski definition) is 1. The molecule has 8 nitrogen and oxygen atoms in total. The van der Waals surface area contributed by atoms with Gasteiger partial charge in [0, 0.05) is 11.9 Å². The highest BCUT2D eigenvalue weighted by Crippen LogP contribution is 2.32. The Morgan fingerprint density at radius 1 is 1.37 bits per heavy atom. The molecule has 0 bridgehead atoms. The number of aryl methyl sites for hydroxylation is 1. The Labute approximate surface area is 160 Å². The number of nitrogens with zero attached hydrogens (tertiary/aromatic N) is 5. The Kier molecular flexibility index (Phi) is 4.63. The summed E-state index contributed by atoms with van der Waals surface area (Å²) in [5, 5.41) is 20.7. The van der Waals surface area contributed by atoms with Crippen molar-refractivity contribution in [1.82, 2.24) is 24.6 Å². The molecule has 0 saturated carbocycles. The van der Waals surface area contributed by atoms with Crippen molar-refractivity contribution in [2.45, 2.75) is 32.6 Å². The van der Waals surface area contributed by atoms with Gasteiger partial charge >= 0.3 is 5.97 Å². The Hall–Kier alpha value is -2.78. The van der Waals surface area contributed by atoms with Crippen LogP contribution in [-0.2, 0) is 24.4 Å². The number of benzene rings is 1. The first kappa shape index (κ1) is 17.6. The van der Waals surface area contributed by atoms with Crippen molar-refractivity contribution in [3.8, 4) is 16.3 Å². The van der Waals surface area contributed by atoms with Crippen molar-refractivity contribution in [3.05, 3.63) is 47.0 Å². The van der Waals surface area contributed by atoms with E-state index in [1.165, 1.54) is 11.3 Å². The average molecular weight is 385 g/mol. The molecule has 27 heavy (non-hydrogen) atoms. The van der Waals surface area contributed by atoms with Crippen molar-refractivity contribution < 1.29 is 14.6 Å². The van der Waals surface area contributed by atoms with E-state index < -0.39 is 12.0 Å². The number of rotatable bonds is 5. The molecule has 2 aromatic heterocycles. The summed E-state index contributed by atoms with van der Waals surface area (Å²) in [5.41, 5.74) is 1.76.